The maximum absolute atomic E-state index is 12.0. The van der Waals surface area contributed by atoms with Crippen LogP contribution in [-0.2, 0) is 9.47 Å². The van der Waals surface area contributed by atoms with Gasteiger partial charge >= 0.3 is 29.8 Å². The van der Waals surface area contributed by atoms with E-state index in [2.05, 4.69) is 0 Å². The van der Waals surface area contributed by atoms with Gasteiger partial charge in [0.15, 0.2) is 0 Å². The van der Waals surface area contributed by atoms with Crippen LogP contribution in [0, 0.1) is 6.92 Å². The molecule has 0 amide bonds. The number of carboxylic acids is 3. The van der Waals surface area contributed by atoms with Crippen molar-refractivity contribution in [3.8, 4) is 0 Å². The fourth-order valence-electron chi connectivity index (χ4n) is 2.50. The fraction of sp³-hybridized carbons (Fsp3) is 0.150. The van der Waals surface area contributed by atoms with Crippen LogP contribution in [0.2, 0.25) is 0 Å². The molecule has 0 saturated heterocycles. The quantitative estimate of drug-likeness (QED) is 0.428. The molecule has 30 heavy (non-hydrogen) atoms. The molecule has 2 rings (SSSR count). The standard InChI is InChI=1S/C20H16O10/c1-10-8-11(2-4-13(10)16(21)22)19(27)29-6-7-30-20(28)12-3-5-14(17(23)24)15(9-12)18(25)26/h2-5,8-9H,6-7H2,1H3,(H,21,22)(H,23,24)(H,25,26). The summed E-state index contributed by atoms with van der Waals surface area (Å²) in [5, 5.41) is 27.0. The summed E-state index contributed by atoms with van der Waals surface area (Å²) < 4.78 is 9.84. The molecule has 10 heteroatoms. The van der Waals surface area contributed by atoms with Crippen molar-refractivity contribution >= 4 is 29.8 Å². The summed E-state index contributed by atoms with van der Waals surface area (Å²) in [5.41, 5.74) is -0.666. The van der Waals surface area contributed by atoms with Gasteiger partial charge in [-0.1, -0.05) is 0 Å². The third-order valence-corrected chi connectivity index (χ3v) is 3.96. The Morgan fingerprint density at radius 2 is 1.10 bits per heavy atom. The summed E-state index contributed by atoms with van der Waals surface area (Å²) >= 11 is 0. The van der Waals surface area contributed by atoms with Gasteiger partial charge in [0.2, 0.25) is 0 Å². The third-order valence-electron chi connectivity index (χ3n) is 3.96. The van der Waals surface area contributed by atoms with Crippen molar-refractivity contribution in [2.75, 3.05) is 13.2 Å². The smallest absolute Gasteiger partial charge is 0.338 e. The van der Waals surface area contributed by atoms with E-state index in [1.807, 2.05) is 0 Å². The number of carbonyl (C=O) groups is 5. The lowest BCUT2D eigenvalue weighted by Crippen LogP contribution is -2.16. The molecular weight excluding hydrogens is 400 g/mol. The highest BCUT2D eigenvalue weighted by molar-refractivity contribution is 6.04. The first-order chi connectivity index (χ1) is 14.1. The number of hydrogen-bond donors (Lipinski definition) is 3. The van der Waals surface area contributed by atoms with E-state index in [1.54, 1.807) is 0 Å². The van der Waals surface area contributed by atoms with E-state index in [4.69, 9.17) is 24.8 Å². The van der Waals surface area contributed by atoms with Gasteiger partial charge < -0.3 is 24.8 Å². The van der Waals surface area contributed by atoms with Crippen LogP contribution in [0.25, 0.3) is 0 Å². The molecule has 3 N–H and O–H groups in total. The number of esters is 2. The topological polar surface area (TPSA) is 164 Å². The molecule has 0 aliphatic carbocycles. The lowest BCUT2D eigenvalue weighted by Gasteiger charge is -2.09. The SMILES string of the molecule is Cc1cc(C(=O)OCCOC(=O)c2ccc(C(=O)O)c(C(=O)O)c2)ccc1C(=O)O. The molecule has 0 aromatic heterocycles. The maximum atomic E-state index is 12.0. The predicted molar refractivity (Wildman–Crippen MR) is 99.1 cm³/mol. The molecule has 2 aromatic carbocycles. The predicted octanol–water partition coefficient (Wildman–Crippen LogP) is 2.10. The van der Waals surface area contributed by atoms with Crippen LogP contribution in [0.4, 0.5) is 0 Å². The van der Waals surface area contributed by atoms with E-state index in [-0.39, 0.29) is 29.9 Å². The summed E-state index contributed by atoms with van der Waals surface area (Å²) in [6, 6.07) is 6.89. The molecule has 0 aliphatic heterocycles. The zero-order valence-corrected chi connectivity index (χ0v) is 15.6. The van der Waals surface area contributed by atoms with Crippen molar-refractivity contribution in [3.63, 3.8) is 0 Å². The van der Waals surface area contributed by atoms with Gasteiger partial charge in [-0.15, -0.1) is 0 Å². The molecule has 0 fully saturated rings. The number of carbonyl (C=O) groups excluding carboxylic acids is 2. The normalized spacial score (nSPS) is 10.2. The van der Waals surface area contributed by atoms with Gasteiger partial charge in [0.1, 0.15) is 13.2 Å². The van der Waals surface area contributed by atoms with Crippen molar-refractivity contribution in [2.24, 2.45) is 0 Å². The molecule has 156 valence electrons. The van der Waals surface area contributed by atoms with Crippen molar-refractivity contribution in [1.82, 2.24) is 0 Å². The Labute approximate surface area is 169 Å². The molecule has 2 aromatic rings. The van der Waals surface area contributed by atoms with Crippen LogP contribution in [-0.4, -0.2) is 58.4 Å². The summed E-state index contributed by atoms with van der Waals surface area (Å²) in [6.45, 7) is 0.895. The first kappa shape index (κ1) is 22.1. The molecule has 0 atom stereocenters. The Kier molecular flexibility index (Phi) is 6.86. The number of aromatic carboxylic acids is 3. The van der Waals surface area contributed by atoms with E-state index in [0.29, 0.717) is 5.56 Å². The number of hydrogen-bond acceptors (Lipinski definition) is 7. The Bertz CT molecular complexity index is 1040. The number of aryl methyl sites for hydroxylation is 1. The van der Waals surface area contributed by atoms with Gasteiger partial charge in [0.25, 0.3) is 0 Å². The number of ether oxygens (including phenoxy) is 2. The molecule has 0 unspecified atom stereocenters. The van der Waals surface area contributed by atoms with Gasteiger partial charge in [0, 0.05) is 0 Å². The van der Waals surface area contributed by atoms with E-state index in [9.17, 15) is 24.0 Å². The summed E-state index contributed by atoms with van der Waals surface area (Å²) in [7, 11) is 0. The maximum Gasteiger partial charge on any atom is 0.338 e. The van der Waals surface area contributed by atoms with Crippen molar-refractivity contribution in [3.05, 3.63) is 69.8 Å². The molecule has 0 heterocycles. The van der Waals surface area contributed by atoms with Gasteiger partial charge in [-0.2, -0.15) is 0 Å². The molecule has 0 bridgehead atoms. The fourth-order valence-corrected chi connectivity index (χ4v) is 2.50. The molecule has 0 radical (unpaired) electrons. The van der Waals surface area contributed by atoms with E-state index < -0.39 is 41.0 Å². The van der Waals surface area contributed by atoms with E-state index >= 15 is 0 Å². The summed E-state index contributed by atoms with van der Waals surface area (Å²) in [4.78, 5) is 57.1. The second kappa shape index (κ2) is 9.32. The molecule has 0 spiro atoms. The van der Waals surface area contributed by atoms with Crippen LogP contribution in [0.5, 0.6) is 0 Å². The van der Waals surface area contributed by atoms with Gasteiger partial charge in [-0.05, 0) is 48.9 Å². The highest BCUT2D eigenvalue weighted by Gasteiger charge is 2.19. The average Bonchev–Trinajstić information content (AvgIpc) is 2.69. The van der Waals surface area contributed by atoms with Gasteiger partial charge in [-0.25, -0.2) is 24.0 Å². The zero-order chi connectivity index (χ0) is 22.4. The molecule has 10 nitrogen and oxygen atoms in total. The van der Waals surface area contributed by atoms with Crippen molar-refractivity contribution in [1.29, 1.82) is 0 Å². The van der Waals surface area contributed by atoms with Crippen LogP contribution >= 0.6 is 0 Å². The van der Waals surface area contributed by atoms with E-state index in [0.717, 1.165) is 18.2 Å². The summed E-state index contributed by atoms with van der Waals surface area (Å²) in [5.74, 6) is -5.76. The lowest BCUT2D eigenvalue weighted by molar-refractivity contribution is 0.0265. The molecular formula is C20H16O10. The minimum atomic E-state index is -1.51. The van der Waals surface area contributed by atoms with E-state index in [1.165, 1.54) is 25.1 Å². The molecule has 0 aliphatic rings. The minimum absolute atomic E-state index is 0.0510. The lowest BCUT2D eigenvalue weighted by atomic mass is 10.0. The number of benzene rings is 2. The third kappa shape index (κ3) is 5.19. The second-order valence-electron chi connectivity index (χ2n) is 5.98. The van der Waals surface area contributed by atoms with Gasteiger partial charge in [0.05, 0.1) is 27.8 Å². The Hall–Kier alpha value is -4.21. The minimum Gasteiger partial charge on any atom is -0.478 e. The van der Waals surface area contributed by atoms with Crippen LogP contribution in [0.3, 0.4) is 0 Å². The van der Waals surface area contributed by atoms with Crippen molar-refractivity contribution in [2.45, 2.75) is 6.92 Å². The van der Waals surface area contributed by atoms with Crippen LogP contribution < -0.4 is 0 Å². The number of rotatable bonds is 8. The Balaban J connectivity index is 1.93. The first-order valence-electron chi connectivity index (χ1n) is 8.40. The summed E-state index contributed by atoms with van der Waals surface area (Å²) in [6.07, 6.45) is 0. The second-order valence-corrected chi connectivity index (χ2v) is 5.98. The largest absolute Gasteiger partial charge is 0.478 e. The van der Waals surface area contributed by atoms with Crippen LogP contribution in [0.15, 0.2) is 36.4 Å². The van der Waals surface area contributed by atoms with Crippen molar-refractivity contribution < 1.29 is 48.8 Å². The van der Waals surface area contributed by atoms with Gasteiger partial charge in [-0.3, -0.25) is 0 Å². The first-order valence-corrected chi connectivity index (χ1v) is 8.40. The number of carboxylic acid groups (broad SMARTS) is 3. The molecule has 0 saturated carbocycles. The average molecular weight is 416 g/mol. The Morgan fingerprint density at radius 3 is 1.53 bits per heavy atom. The zero-order valence-electron chi connectivity index (χ0n) is 15.6. The monoisotopic (exact) mass is 416 g/mol. The van der Waals surface area contributed by atoms with Crippen LogP contribution in [0.1, 0.15) is 57.4 Å². The Morgan fingerprint density at radius 1 is 0.667 bits per heavy atom. The highest BCUT2D eigenvalue weighted by atomic mass is 16.6. The highest BCUT2D eigenvalue weighted by Crippen LogP contribution is 2.14.